The predicted molar refractivity (Wildman–Crippen MR) is 37.9 cm³/mol. The Morgan fingerprint density at radius 1 is 1.58 bits per heavy atom. The Hall–Kier alpha value is -1.14. The fourth-order valence-electron chi connectivity index (χ4n) is 0.599. The Labute approximate surface area is 68.8 Å². The molecule has 0 radical (unpaired) electrons. The maximum Gasteiger partial charge on any atom is 0.342 e. The van der Waals surface area contributed by atoms with Gasteiger partial charge in [0.05, 0.1) is 19.5 Å². The molecule has 68 valence electrons. The van der Waals surface area contributed by atoms with Crippen molar-refractivity contribution in [2.75, 3.05) is 13.1 Å². The lowest BCUT2D eigenvalue weighted by molar-refractivity contribution is -0.169. The second-order valence-corrected chi connectivity index (χ2v) is 2.54. The van der Waals surface area contributed by atoms with Crippen molar-refractivity contribution in [2.45, 2.75) is 12.5 Å². The van der Waals surface area contributed by atoms with Crippen molar-refractivity contribution < 1.29 is 19.5 Å². The number of carbonyl (C=O) groups is 2. The molecule has 0 aromatic heterocycles. The molecule has 0 aliphatic carbocycles. The molecule has 0 bridgehead atoms. The number of carboxylic acids is 1. The van der Waals surface area contributed by atoms with Crippen LogP contribution in [0.1, 0.15) is 6.42 Å². The molecular weight excluding hydrogens is 164 g/mol. The van der Waals surface area contributed by atoms with Crippen LogP contribution < -0.4 is 5.73 Å². The lowest BCUT2D eigenvalue weighted by atomic mass is 10.2. The summed E-state index contributed by atoms with van der Waals surface area (Å²) in [5.41, 5.74) is 5.21. The van der Waals surface area contributed by atoms with Gasteiger partial charge in [0.1, 0.15) is 6.04 Å². The van der Waals surface area contributed by atoms with Crippen LogP contribution in [-0.4, -0.2) is 41.2 Å². The van der Waals surface area contributed by atoms with Crippen LogP contribution in [0.25, 0.3) is 0 Å². The summed E-state index contributed by atoms with van der Waals surface area (Å²) in [4.78, 5) is 25.6. The molecule has 1 rings (SSSR count). The van der Waals surface area contributed by atoms with E-state index < -0.39 is 24.4 Å². The van der Waals surface area contributed by atoms with E-state index in [1.807, 2.05) is 0 Å². The number of rotatable bonds is 4. The van der Waals surface area contributed by atoms with Crippen molar-refractivity contribution in [2.24, 2.45) is 5.73 Å². The first-order valence-corrected chi connectivity index (χ1v) is 3.53. The third-order valence-electron chi connectivity index (χ3n) is 1.32. The minimum Gasteiger partial charge on any atom is -0.481 e. The van der Waals surface area contributed by atoms with Crippen molar-refractivity contribution >= 4 is 11.9 Å². The van der Waals surface area contributed by atoms with Gasteiger partial charge in [-0.15, -0.1) is 5.06 Å². The normalized spacial score (nSPS) is 18.4. The van der Waals surface area contributed by atoms with Crippen LogP contribution in [0.2, 0.25) is 0 Å². The van der Waals surface area contributed by atoms with Gasteiger partial charge < -0.3 is 15.7 Å². The van der Waals surface area contributed by atoms with Gasteiger partial charge in [-0.05, 0) is 0 Å². The van der Waals surface area contributed by atoms with Crippen LogP contribution in [0.4, 0.5) is 0 Å². The molecule has 1 aliphatic rings. The molecular formula is C6H10N2O4. The summed E-state index contributed by atoms with van der Waals surface area (Å²) in [7, 11) is 0. The van der Waals surface area contributed by atoms with E-state index in [4.69, 9.17) is 10.8 Å². The second-order valence-electron chi connectivity index (χ2n) is 2.54. The van der Waals surface area contributed by atoms with Crippen molar-refractivity contribution in [3.05, 3.63) is 0 Å². The lowest BCUT2D eigenvalue weighted by Gasteiger charge is -2.07. The van der Waals surface area contributed by atoms with Gasteiger partial charge in [0.15, 0.2) is 0 Å². The first-order valence-electron chi connectivity index (χ1n) is 3.53. The molecule has 6 nitrogen and oxygen atoms in total. The fourth-order valence-corrected chi connectivity index (χ4v) is 0.599. The number of nitrogens with zero attached hydrogens (tertiary/aromatic N) is 1. The first kappa shape index (κ1) is 8.95. The Morgan fingerprint density at radius 2 is 2.17 bits per heavy atom. The highest BCUT2D eigenvalue weighted by Gasteiger charge is 2.26. The molecule has 1 aliphatic heterocycles. The molecule has 1 atom stereocenters. The fraction of sp³-hybridized carbons (Fsp3) is 0.667. The van der Waals surface area contributed by atoms with E-state index in [2.05, 4.69) is 4.84 Å². The summed E-state index contributed by atoms with van der Waals surface area (Å²) in [6.07, 6.45) is -0.396. The van der Waals surface area contributed by atoms with E-state index in [0.717, 1.165) is 0 Å². The number of nitrogens with two attached hydrogens (primary N) is 1. The molecule has 3 N–H and O–H groups in total. The van der Waals surface area contributed by atoms with Crippen LogP contribution in [0.3, 0.4) is 0 Å². The summed E-state index contributed by atoms with van der Waals surface area (Å²) in [5.74, 6) is -1.79. The van der Waals surface area contributed by atoms with Crippen molar-refractivity contribution in [3.8, 4) is 0 Å². The Morgan fingerprint density at radius 3 is 2.58 bits per heavy atom. The van der Waals surface area contributed by atoms with Crippen molar-refractivity contribution in [1.29, 1.82) is 0 Å². The third-order valence-corrected chi connectivity index (χ3v) is 1.32. The zero-order chi connectivity index (χ0) is 9.14. The molecule has 12 heavy (non-hydrogen) atoms. The van der Waals surface area contributed by atoms with Gasteiger partial charge in [-0.3, -0.25) is 4.79 Å². The molecule has 0 amide bonds. The summed E-state index contributed by atoms with van der Waals surface area (Å²) in [6.45, 7) is 1.40. The van der Waals surface area contributed by atoms with Gasteiger partial charge in [-0.2, -0.15) is 0 Å². The summed E-state index contributed by atoms with van der Waals surface area (Å²) in [5, 5.41) is 9.69. The van der Waals surface area contributed by atoms with Crippen LogP contribution in [0, 0.1) is 0 Å². The largest absolute Gasteiger partial charge is 0.481 e. The zero-order valence-corrected chi connectivity index (χ0v) is 6.40. The molecule has 0 spiro atoms. The predicted octanol–water partition coefficient (Wildman–Crippen LogP) is -1.44. The monoisotopic (exact) mass is 174 g/mol. The molecule has 0 aromatic carbocycles. The third kappa shape index (κ3) is 2.85. The molecule has 1 heterocycles. The van der Waals surface area contributed by atoms with Crippen molar-refractivity contribution in [1.82, 2.24) is 5.06 Å². The van der Waals surface area contributed by atoms with E-state index in [0.29, 0.717) is 13.1 Å². The zero-order valence-electron chi connectivity index (χ0n) is 6.40. The van der Waals surface area contributed by atoms with Gasteiger partial charge >= 0.3 is 11.9 Å². The Kier molecular flexibility index (Phi) is 2.61. The van der Waals surface area contributed by atoms with E-state index in [1.165, 1.54) is 5.06 Å². The number of carbonyl (C=O) groups excluding carboxylic acids is 1. The van der Waals surface area contributed by atoms with E-state index >= 15 is 0 Å². The van der Waals surface area contributed by atoms with Gasteiger partial charge in [0.2, 0.25) is 0 Å². The maximum absolute atomic E-state index is 10.9. The number of aliphatic carboxylic acids is 1. The van der Waals surface area contributed by atoms with E-state index in [-0.39, 0.29) is 0 Å². The number of hydroxylamine groups is 2. The first-order chi connectivity index (χ1) is 5.59. The standard InChI is InChI=1S/C6H10N2O4/c7-4(3-5(9)10)6(11)12-8-1-2-8/h4H,1-3,7H2,(H,9,10)/t4-/m0/s1. The number of carboxylic acid groups (broad SMARTS) is 1. The number of hydrogen-bond donors (Lipinski definition) is 2. The molecule has 6 heteroatoms. The Balaban J connectivity index is 2.24. The molecule has 1 saturated heterocycles. The molecule has 1 fully saturated rings. The van der Waals surface area contributed by atoms with Crippen LogP contribution >= 0.6 is 0 Å². The second kappa shape index (κ2) is 3.51. The minimum absolute atomic E-state index is 0.396. The summed E-state index contributed by atoms with van der Waals surface area (Å²) >= 11 is 0. The molecule has 0 saturated carbocycles. The number of hydrogen-bond acceptors (Lipinski definition) is 5. The quantitative estimate of drug-likeness (QED) is 0.507. The molecule has 0 aromatic rings. The smallest absolute Gasteiger partial charge is 0.342 e. The minimum atomic E-state index is -1.11. The lowest BCUT2D eigenvalue weighted by Crippen LogP contribution is -2.35. The van der Waals surface area contributed by atoms with Crippen LogP contribution in [-0.2, 0) is 14.4 Å². The highest BCUT2D eigenvalue weighted by atomic mass is 16.7. The van der Waals surface area contributed by atoms with Gasteiger partial charge in [-0.25, -0.2) is 4.79 Å². The highest BCUT2D eigenvalue weighted by Crippen LogP contribution is 2.05. The summed E-state index contributed by atoms with van der Waals surface area (Å²) < 4.78 is 0. The maximum atomic E-state index is 10.9. The van der Waals surface area contributed by atoms with E-state index in [9.17, 15) is 9.59 Å². The summed E-state index contributed by atoms with van der Waals surface area (Å²) in [6, 6.07) is -1.07. The SMILES string of the molecule is N[C@@H](CC(=O)O)C(=O)ON1CC1. The van der Waals surface area contributed by atoms with Gasteiger partial charge in [0, 0.05) is 0 Å². The van der Waals surface area contributed by atoms with Gasteiger partial charge in [0.25, 0.3) is 0 Å². The average Bonchev–Trinajstić information content (AvgIpc) is 2.70. The van der Waals surface area contributed by atoms with Gasteiger partial charge in [-0.1, -0.05) is 0 Å². The average molecular weight is 174 g/mol. The van der Waals surface area contributed by atoms with Crippen LogP contribution in [0.5, 0.6) is 0 Å². The molecule has 0 unspecified atom stereocenters. The topological polar surface area (TPSA) is 92.6 Å². The van der Waals surface area contributed by atoms with E-state index in [1.54, 1.807) is 0 Å². The Bertz CT molecular complexity index is 202. The highest BCUT2D eigenvalue weighted by molar-refractivity contribution is 5.81. The van der Waals surface area contributed by atoms with Crippen molar-refractivity contribution in [3.63, 3.8) is 0 Å². The van der Waals surface area contributed by atoms with Crippen LogP contribution in [0.15, 0.2) is 0 Å².